The second-order valence-electron chi connectivity index (χ2n) is 5.41. The van der Waals surface area contributed by atoms with Gasteiger partial charge in [0, 0.05) is 18.6 Å². The van der Waals surface area contributed by atoms with Crippen molar-refractivity contribution in [2.45, 2.75) is 51.2 Å². The van der Waals surface area contributed by atoms with Gasteiger partial charge >= 0.3 is 0 Å². The first-order chi connectivity index (χ1) is 9.72. The summed E-state index contributed by atoms with van der Waals surface area (Å²) in [4.78, 5) is 0. The van der Waals surface area contributed by atoms with Crippen molar-refractivity contribution in [3.63, 3.8) is 0 Å². The fourth-order valence-corrected chi connectivity index (χ4v) is 2.68. The van der Waals surface area contributed by atoms with E-state index in [0.29, 0.717) is 18.7 Å². The quantitative estimate of drug-likeness (QED) is 0.839. The van der Waals surface area contributed by atoms with Crippen molar-refractivity contribution >= 4 is 0 Å². The molecule has 112 valence electrons. The third-order valence-corrected chi connectivity index (χ3v) is 3.89. The van der Waals surface area contributed by atoms with Crippen molar-refractivity contribution in [2.75, 3.05) is 13.7 Å². The second-order valence-corrected chi connectivity index (χ2v) is 5.41. The molecule has 0 aliphatic heterocycles. The smallest absolute Gasteiger partial charge is 0.161 e. The summed E-state index contributed by atoms with van der Waals surface area (Å²) in [7, 11) is 1.67. The van der Waals surface area contributed by atoms with E-state index in [0.717, 1.165) is 30.9 Å². The maximum atomic E-state index is 5.93. The summed E-state index contributed by atoms with van der Waals surface area (Å²) < 4.78 is 10.9. The monoisotopic (exact) mass is 278 g/mol. The molecule has 1 aliphatic rings. The third kappa shape index (κ3) is 4.12. The first-order valence-electron chi connectivity index (χ1n) is 7.51. The summed E-state index contributed by atoms with van der Waals surface area (Å²) in [6, 6.07) is 7.11. The van der Waals surface area contributed by atoms with Crippen molar-refractivity contribution in [2.24, 2.45) is 5.73 Å². The largest absolute Gasteiger partial charge is 0.493 e. The van der Waals surface area contributed by atoms with Gasteiger partial charge < -0.3 is 20.5 Å². The van der Waals surface area contributed by atoms with Crippen molar-refractivity contribution in [1.29, 1.82) is 0 Å². The highest BCUT2D eigenvalue weighted by atomic mass is 16.5. The van der Waals surface area contributed by atoms with E-state index in [-0.39, 0.29) is 0 Å². The molecule has 0 amide bonds. The van der Waals surface area contributed by atoms with Crippen LogP contribution in [0.25, 0.3) is 0 Å². The Bertz CT molecular complexity index is 415. The molecule has 1 fully saturated rings. The zero-order valence-electron chi connectivity index (χ0n) is 12.5. The molecule has 1 saturated carbocycles. The molecule has 4 heteroatoms. The number of nitrogens with two attached hydrogens (primary N) is 1. The lowest BCUT2D eigenvalue weighted by atomic mass is 9.92. The lowest BCUT2D eigenvalue weighted by molar-refractivity contribution is 0.310. The van der Waals surface area contributed by atoms with Crippen molar-refractivity contribution in [3.8, 4) is 11.5 Å². The number of hydrogen-bond donors (Lipinski definition) is 2. The normalized spacial score (nSPS) is 22.6. The molecule has 4 nitrogen and oxygen atoms in total. The summed E-state index contributed by atoms with van der Waals surface area (Å²) in [5.41, 5.74) is 7.16. The van der Waals surface area contributed by atoms with Gasteiger partial charge in [-0.3, -0.25) is 0 Å². The maximum Gasteiger partial charge on any atom is 0.161 e. The molecule has 3 N–H and O–H groups in total. The standard InChI is InChI=1S/C16H26N2O2/c1-3-20-16-10-12(4-9-15(16)19-2)11-18-14-7-5-13(17)6-8-14/h4,9-10,13-14,18H,3,5-8,11,17H2,1-2H3. The van der Waals surface area contributed by atoms with Gasteiger partial charge in [-0.2, -0.15) is 0 Å². The Balaban J connectivity index is 1.90. The van der Waals surface area contributed by atoms with Crippen LogP contribution in [0.4, 0.5) is 0 Å². The lowest BCUT2D eigenvalue weighted by Gasteiger charge is -2.27. The van der Waals surface area contributed by atoms with Crippen LogP contribution in [0.3, 0.4) is 0 Å². The molecule has 0 aromatic heterocycles. The minimum atomic E-state index is 0.401. The number of methoxy groups -OCH3 is 1. The fraction of sp³-hybridized carbons (Fsp3) is 0.625. The molecule has 1 aliphatic carbocycles. The highest BCUT2D eigenvalue weighted by Gasteiger charge is 2.17. The molecular weight excluding hydrogens is 252 g/mol. The molecule has 1 aromatic rings. The summed E-state index contributed by atoms with van der Waals surface area (Å²) >= 11 is 0. The lowest BCUT2D eigenvalue weighted by Crippen LogP contribution is -2.37. The Morgan fingerprint density at radius 1 is 1.20 bits per heavy atom. The van der Waals surface area contributed by atoms with E-state index in [1.54, 1.807) is 7.11 Å². The van der Waals surface area contributed by atoms with Gasteiger partial charge in [-0.1, -0.05) is 6.07 Å². The SMILES string of the molecule is CCOc1cc(CNC2CCC(N)CC2)ccc1OC. The summed E-state index contributed by atoms with van der Waals surface area (Å²) in [5, 5.41) is 3.61. The summed E-state index contributed by atoms with van der Waals surface area (Å²) in [5.74, 6) is 1.61. The number of rotatable bonds is 6. The van der Waals surface area contributed by atoms with E-state index in [1.165, 1.54) is 18.4 Å². The molecular formula is C16H26N2O2. The van der Waals surface area contributed by atoms with Gasteiger partial charge in [0.05, 0.1) is 13.7 Å². The first-order valence-corrected chi connectivity index (χ1v) is 7.51. The average molecular weight is 278 g/mol. The van der Waals surface area contributed by atoms with Crippen LogP contribution >= 0.6 is 0 Å². The minimum Gasteiger partial charge on any atom is -0.493 e. The van der Waals surface area contributed by atoms with Gasteiger partial charge in [-0.15, -0.1) is 0 Å². The third-order valence-electron chi connectivity index (χ3n) is 3.89. The zero-order chi connectivity index (χ0) is 14.4. The van der Waals surface area contributed by atoms with Crippen molar-refractivity contribution < 1.29 is 9.47 Å². The van der Waals surface area contributed by atoms with Gasteiger partial charge in [0.15, 0.2) is 11.5 Å². The molecule has 0 heterocycles. The summed E-state index contributed by atoms with van der Waals surface area (Å²) in [6.07, 6.45) is 4.61. The Hall–Kier alpha value is -1.26. The Labute approximate surface area is 121 Å². The molecule has 0 spiro atoms. The highest BCUT2D eigenvalue weighted by molar-refractivity contribution is 5.42. The van der Waals surface area contributed by atoms with E-state index >= 15 is 0 Å². The van der Waals surface area contributed by atoms with Crippen molar-refractivity contribution in [3.05, 3.63) is 23.8 Å². The van der Waals surface area contributed by atoms with Gasteiger partial charge in [0.1, 0.15) is 0 Å². The fourth-order valence-electron chi connectivity index (χ4n) is 2.68. The maximum absolute atomic E-state index is 5.93. The number of benzene rings is 1. The van der Waals surface area contributed by atoms with Gasteiger partial charge in [0.25, 0.3) is 0 Å². The van der Waals surface area contributed by atoms with Crippen molar-refractivity contribution in [1.82, 2.24) is 5.32 Å². The number of hydrogen-bond acceptors (Lipinski definition) is 4. The van der Waals surface area contributed by atoms with Crippen LogP contribution in [-0.4, -0.2) is 25.8 Å². The first kappa shape index (κ1) is 15.1. The van der Waals surface area contributed by atoms with Crippen LogP contribution in [0.2, 0.25) is 0 Å². The molecule has 0 bridgehead atoms. The molecule has 1 aromatic carbocycles. The topological polar surface area (TPSA) is 56.5 Å². The molecule has 0 unspecified atom stereocenters. The number of nitrogens with one attached hydrogen (secondary N) is 1. The van der Waals surface area contributed by atoms with Crippen LogP contribution in [0.1, 0.15) is 38.2 Å². The van der Waals surface area contributed by atoms with Crippen LogP contribution in [-0.2, 0) is 6.54 Å². The van der Waals surface area contributed by atoms with Crippen LogP contribution in [0.15, 0.2) is 18.2 Å². The van der Waals surface area contributed by atoms with Crippen LogP contribution in [0, 0.1) is 0 Å². The highest BCUT2D eigenvalue weighted by Crippen LogP contribution is 2.28. The Morgan fingerprint density at radius 2 is 1.95 bits per heavy atom. The van der Waals surface area contributed by atoms with E-state index in [1.807, 2.05) is 13.0 Å². The van der Waals surface area contributed by atoms with E-state index in [2.05, 4.69) is 17.4 Å². The Kier molecular flexibility index (Phi) is 5.68. The summed E-state index contributed by atoms with van der Waals surface area (Å²) in [6.45, 7) is 3.49. The molecule has 0 radical (unpaired) electrons. The van der Waals surface area contributed by atoms with E-state index in [9.17, 15) is 0 Å². The Morgan fingerprint density at radius 3 is 2.60 bits per heavy atom. The van der Waals surface area contributed by atoms with Crippen LogP contribution < -0.4 is 20.5 Å². The van der Waals surface area contributed by atoms with E-state index < -0.39 is 0 Å². The van der Waals surface area contributed by atoms with Crippen LogP contribution in [0.5, 0.6) is 11.5 Å². The molecule has 2 rings (SSSR count). The van der Waals surface area contributed by atoms with Gasteiger partial charge in [-0.05, 0) is 50.3 Å². The molecule has 0 atom stereocenters. The number of ether oxygens (including phenoxy) is 2. The predicted molar refractivity (Wildman–Crippen MR) is 81.2 cm³/mol. The van der Waals surface area contributed by atoms with Gasteiger partial charge in [0.2, 0.25) is 0 Å². The average Bonchev–Trinajstić information content (AvgIpc) is 2.47. The predicted octanol–water partition coefficient (Wildman–Crippen LogP) is 2.45. The minimum absolute atomic E-state index is 0.401. The zero-order valence-corrected chi connectivity index (χ0v) is 12.5. The second kappa shape index (κ2) is 7.50. The molecule has 20 heavy (non-hydrogen) atoms. The van der Waals surface area contributed by atoms with Gasteiger partial charge in [-0.25, -0.2) is 0 Å². The van der Waals surface area contributed by atoms with E-state index in [4.69, 9.17) is 15.2 Å². The molecule has 0 saturated heterocycles.